The van der Waals surface area contributed by atoms with Crippen LogP contribution in [0.25, 0.3) is 0 Å². The summed E-state index contributed by atoms with van der Waals surface area (Å²) in [5.41, 5.74) is 2.81. The van der Waals surface area contributed by atoms with Crippen molar-refractivity contribution in [1.82, 2.24) is 0 Å². The van der Waals surface area contributed by atoms with Crippen LogP contribution in [0.15, 0.2) is 46.6 Å². The first-order valence-electron chi connectivity index (χ1n) is 6.02. The van der Waals surface area contributed by atoms with Gasteiger partial charge in [0.05, 0.1) is 6.26 Å². The second-order valence-corrected chi connectivity index (χ2v) is 4.95. The van der Waals surface area contributed by atoms with Crippen molar-refractivity contribution in [2.45, 2.75) is 33.1 Å². The van der Waals surface area contributed by atoms with Gasteiger partial charge in [-0.15, -0.1) is 0 Å². The first kappa shape index (κ1) is 11.3. The van der Waals surface area contributed by atoms with E-state index >= 15 is 0 Å². The molecule has 0 unspecified atom stereocenters. The van der Waals surface area contributed by atoms with Crippen molar-refractivity contribution in [3.8, 4) is 0 Å². The molecule has 1 nitrogen and oxygen atoms in total. The maximum atomic E-state index is 5.44. The lowest BCUT2D eigenvalue weighted by Gasteiger charge is -2.29. The first-order valence-corrected chi connectivity index (χ1v) is 6.02. The van der Waals surface area contributed by atoms with Crippen molar-refractivity contribution in [3.05, 3.63) is 48.0 Å². The van der Waals surface area contributed by atoms with Gasteiger partial charge in [0.1, 0.15) is 5.76 Å². The summed E-state index contributed by atoms with van der Waals surface area (Å²) in [4.78, 5) is 0. The van der Waals surface area contributed by atoms with Gasteiger partial charge in [-0.3, -0.25) is 0 Å². The molecule has 2 atom stereocenters. The van der Waals surface area contributed by atoms with Gasteiger partial charge >= 0.3 is 0 Å². The highest BCUT2D eigenvalue weighted by atomic mass is 16.3. The fraction of sp³-hybridized carbons (Fsp3) is 0.467. The van der Waals surface area contributed by atoms with Crippen molar-refractivity contribution in [3.63, 3.8) is 0 Å². The highest BCUT2D eigenvalue weighted by molar-refractivity contribution is 5.16. The van der Waals surface area contributed by atoms with Crippen molar-refractivity contribution in [2.24, 2.45) is 11.8 Å². The van der Waals surface area contributed by atoms with Crippen LogP contribution in [0.3, 0.4) is 0 Å². The molecule has 1 aromatic rings. The van der Waals surface area contributed by atoms with Crippen LogP contribution in [-0.2, 0) is 6.42 Å². The highest BCUT2D eigenvalue weighted by Gasteiger charge is 2.24. The van der Waals surface area contributed by atoms with Crippen LogP contribution in [0.4, 0.5) is 0 Å². The highest BCUT2D eigenvalue weighted by Crippen LogP contribution is 2.35. The average molecular weight is 216 g/mol. The fourth-order valence-corrected chi connectivity index (χ4v) is 2.64. The molecule has 0 N–H and O–H groups in total. The summed E-state index contributed by atoms with van der Waals surface area (Å²) in [6, 6.07) is 4.03. The summed E-state index contributed by atoms with van der Waals surface area (Å²) < 4.78 is 5.44. The summed E-state index contributed by atoms with van der Waals surface area (Å²) in [5.74, 6) is 2.27. The van der Waals surface area contributed by atoms with E-state index in [1.54, 1.807) is 6.26 Å². The summed E-state index contributed by atoms with van der Waals surface area (Å²) in [6.07, 6.45) is 7.62. The molecule has 0 bridgehead atoms. The molecule has 0 saturated carbocycles. The minimum atomic E-state index is 0.567. The number of furan rings is 1. The van der Waals surface area contributed by atoms with Gasteiger partial charge in [0.2, 0.25) is 0 Å². The normalized spacial score (nSPS) is 25.2. The molecule has 2 rings (SSSR count). The lowest BCUT2D eigenvalue weighted by molar-refractivity contribution is 0.370. The summed E-state index contributed by atoms with van der Waals surface area (Å²) in [5, 5.41) is 0. The Kier molecular flexibility index (Phi) is 3.33. The molecule has 86 valence electrons. The monoisotopic (exact) mass is 216 g/mol. The third-order valence-electron chi connectivity index (χ3n) is 3.52. The second-order valence-electron chi connectivity index (χ2n) is 4.95. The van der Waals surface area contributed by atoms with Gasteiger partial charge in [-0.05, 0) is 50.7 Å². The zero-order valence-corrected chi connectivity index (χ0v) is 10.2. The van der Waals surface area contributed by atoms with E-state index < -0.39 is 0 Å². The zero-order valence-electron chi connectivity index (χ0n) is 10.2. The van der Waals surface area contributed by atoms with Gasteiger partial charge in [-0.2, -0.15) is 0 Å². The molecule has 0 spiro atoms. The standard InChI is InChI=1S/C15H20O/c1-11(2)15-7-6-12(3)9-13(15)10-14-5-4-8-16-14/h4-5,8-9,13,15H,1,6-7,10H2,2-3H3/t13-,15+/m1/s1. The van der Waals surface area contributed by atoms with Crippen LogP contribution in [-0.4, -0.2) is 0 Å². The molecule has 1 heteroatoms. The quantitative estimate of drug-likeness (QED) is 0.684. The minimum absolute atomic E-state index is 0.567. The van der Waals surface area contributed by atoms with Crippen LogP contribution >= 0.6 is 0 Å². The van der Waals surface area contributed by atoms with Crippen LogP contribution in [0.2, 0.25) is 0 Å². The molecule has 1 aliphatic rings. The predicted octanol–water partition coefficient (Wildman–Crippen LogP) is 4.37. The Balaban J connectivity index is 2.14. The Morgan fingerprint density at radius 2 is 2.38 bits per heavy atom. The number of hydrogen-bond donors (Lipinski definition) is 0. The Morgan fingerprint density at radius 1 is 1.56 bits per heavy atom. The maximum Gasteiger partial charge on any atom is 0.104 e. The molecule has 1 aliphatic carbocycles. The van der Waals surface area contributed by atoms with Crippen LogP contribution in [0.1, 0.15) is 32.4 Å². The molecule has 0 radical (unpaired) electrons. The molecular weight excluding hydrogens is 196 g/mol. The lowest BCUT2D eigenvalue weighted by Crippen LogP contribution is -2.20. The summed E-state index contributed by atoms with van der Waals surface area (Å²) >= 11 is 0. The molecule has 0 fully saturated rings. The zero-order chi connectivity index (χ0) is 11.5. The Morgan fingerprint density at radius 3 is 3.00 bits per heavy atom. The van der Waals surface area contributed by atoms with Gasteiger partial charge in [-0.1, -0.05) is 23.8 Å². The van der Waals surface area contributed by atoms with E-state index in [2.05, 4.69) is 32.6 Å². The van der Waals surface area contributed by atoms with E-state index in [0.717, 1.165) is 12.2 Å². The van der Waals surface area contributed by atoms with E-state index in [9.17, 15) is 0 Å². The number of hydrogen-bond acceptors (Lipinski definition) is 1. The molecule has 16 heavy (non-hydrogen) atoms. The Bertz CT molecular complexity index is 384. The Labute approximate surface area is 97.9 Å². The van der Waals surface area contributed by atoms with Gasteiger partial charge in [0, 0.05) is 6.42 Å². The van der Waals surface area contributed by atoms with Crippen LogP contribution in [0.5, 0.6) is 0 Å². The average Bonchev–Trinajstić information content (AvgIpc) is 2.70. The summed E-state index contributed by atoms with van der Waals surface area (Å²) in [6.45, 7) is 8.50. The van der Waals surface area contributed by atoms with E-state index in [0.29, 0.717) is 11.8 Å². The smallest absolute Gasteiger partial charge is 0.104 e. The van der Waals surface area contributed by atoms with Gasteiger partial charge in [-0.25, -0.2) is 0 Å². The molecule has 0 amide bonds. The predicted molar refractivity (Wildman–Crippen MR) is 67.2 cm³/mol. The van der Waals surface area contributed by atoms with Crippen LogP contribution in [0, 0.1) is 11.8 Å². The van der Waals surface area contributed by atoms with E-state index in [-0.39, 0.29) is 0 Å². The minimum Gasteiger partial charge on any atom is -0.469 e. The SMILES string of the molecule is C=C(C)[C@@H]1CCC(C)=C[C@@H]1Cc1ccco1. The third kappa shape index (κ3) is 2.46. The maximum absolute atomic E-state index is 5.44. The fourth-order valence-electron chi connectivity index (χ4n) is 2.64. The van der Waals surface area contributed by atoms with Crippen molar-refractivity contribution < 1.29 is 4.42 Å². The molecule has 0 aromatic carbocycles. The second kappa shape index (κ2) is 4.73. The van der Waals surface area contributed by atoms with E-state index in [1.165, 1.54) is 24.0 Å². The van der Waals surface area contributed by atoms with Crippen molar-refractivity contribution in [2.75, 3.05) is 0 Å². The number of rotatable bonds is 3. The van der Waals surface area contributed by atoms with Gasteiger partial charge in [0.25, 0.3) is 0 Å². The van der Waals surface area contributed by atoms with Crippen molar-refractivity contribution >= 4 is 0 Å². The van der Waals surface area contributed by atoms with Gasteiger partial charge < -0.3 is 4.42 Å². The van der Waals surface area contributed by atoms with Gasteiger partial charge in [0.15, 0.2) is 0 Å². The van der Waals surface area contributed by atoms with E-state index in [4.69, 9.17) is 4.42 Å². The summed E-state index contributed by atoms with van der Waals surface area (Å²) in [7, 11) is 0. The molecular formula is C15H20O. The number of allylic oxidation sites excluding steroid dienone is 3. The third-order valence-corrected chi connectivity index (χ3v) is 3.52. The molecule has 1 heterocycles. The molecule has 1 aromatic heterocycles. The van der Waals surface area contributed by atoms with E-state index in [1.807, 2.05) is 6.07 Å². The topological polar surface area (TPSA) is 13.1 Å². The Hall–Kier alpha value is -1.24. The largest absolute Gasteiger partial charge is 0.469 e. The lowest BCUT2D eigenvalue weighted by atomic mass is 9.76. The molecule has 0 aliphatic heterocycles. The van der Waals surface area contributed by atoms with Crippen LogP contribution < -0.4 is 0 Å². The first-order chi connectivity index (χ1) is 7.66. The molecule has 0 saturated heterocycles. The van der Waals surface area contributed by atoms with Crippen molar-refractivity contribution in [1.29, 1.82) is 0 Å².